The molecule has 0 aromatic heterocycles. The van der Waals surface area contributed by atoms with Gasteiger partial charge in [0.2, 0.25) is 8.32 Å². The summed E-state index contributed by atoms with van der Waals surface area (Å²) in [4.78, 5) is 0. The lowest BCUT2D eigenvalue weighted by molar-refractivity contribution is 0.333. The molecule has 1 heterocycles. The quantitative estimate of drug-likeness (QED) is 0.777. The highest BCUT2D eigenvalue weighted by Gasteiger charge is 2.34. The molecule has 1 aromatic rings. The normalized spacial score (nSPS) is 16.3. The fraction of sp³-hybridized carbons (Fsp3) is 0.647. The van der Waals surface area contributed by atoms with Crippen molar-refractivity contribution in [2.75, 3.05) is 0 Å². The van der Waals surface area contributed by atoms with Crippen molar-refractivity contribution in [1.82, 2.24) is 0 Å². The minimum atomic E-state index is -1.77. The lowest BCUT2D eigenvalue weighted by atomic mass is 9.69. The van der Waals surface area contributed by atoms with Gasteiger partial charge in [-0.25, -0.2) is 0 Å². The first-order chi connectivity index (χ1) is 11.3. The van der Waals surface area contributed by atoms with E-state index in [0.29, 0.717) is 0 Å². The molecule has 0 unspecified atom stereocenters. The zero-order valence-corrected chi connectivity index (χ0v) is 18.0. The highest BCUT2D eigenvalue weighted by molar-refractivity contribution is 6.72. The molecular weight excluding hydrogens is 329 g/mol. The van der Waals surface area contributed by atoms with Crippen molar-refractivity contribution in [3.05, 3.63) is 23.3 Å². The number of hydrogen-bond acceptors (Lipinski definition) is 4. The van der Waals surface area contributed by atoms with Gasteiger partial charge in [-0.2, -0.15) is 0 Å². The molecule has 1 aromatic carbocycles. The van der Waals surface area contributed by atoms with Crippen molar-refractivity contribution in [2.24, 2.45) is 0 Å². The number of hydrogen-bond donors (Lipinski definition) is 0. The predicted molar refractivity (Wildman–Crippen MR) is 108 cm³/mol. The summed E-state index contributed by atoms with van der Waals surface area (Å²) < 4.78 is 22.5. The Kier molecular flexibility index (Phi) is 5.89. The first-order valence-electron chi connectivity index (χ1n) is 8.77. The van der Waals surface area contributed by atoms with Crippen molar-refractivity contribution in [1.29, 1.82) is 0 Å². The molecule has 0 bridgehead atoms. The van der Waals surface area contributed by atoms with Crippen molar-refractivity contribution in [2.45, 2.75) is 72.0 Å². The van der Waals surface area contributed by atoms with Crippen LogP contribution in [0.5, 0.6) is 5.75 Å². The average Bonchev–Trinajstić information content (AvgIpc) is 2.44. The number of benzene rings is 1. The van der Waals surface area contributed by atoms with Crippen LogP contribution in [0.4, 0.5) is 0 Å². The van der Waals surface area contributed by atoms with Crippen LogP contribution in [0.1, 0.15) is 52.7 Å². The van der Waals surface area contributed by atoms with E-state index in [4.69, 9.17) is 18.1 Å². The molecule has 1 aliphatic rings. The van der Waals surface area contributed by atoms with E-state index < -0.39 is 15.4 Å². The molecule has 0 spiro atoms. The molecule has 1 saturated heterocycles. The average molecular weight is 358 g/mol. The first-order valence-corrected chi connectivity index (χ1v) is 12.2. The van der Waals surface area contributed by atoms with Crippen LogP contribution in [-0.2, 0) is 24.5 Å². The van der Waals surface area contributed by atoms with E-state index in [1.54, 1.807) is 0 Å². The minimum absolute atomic E-state index is 0.0659. The summed E-state index contributed by atoms with van der Waals surface area (Å²) >= 11 is 0. The molecule has 0 saturated carbocycles. The van der Waals surface area contributed by atoms with Gasteiger partial charge in [0.05, 0.1) is 0 Å². The van der Waals surface area contributed by atoms with Crippen molar-refractivity contribution in [3.8, 4) is 5.75 Å². The first kappa shape index (κ1) is 20.6. The SMILES string of the molecule is CC(C)(C)c1cc(B2O[B]O[B]O2)cc(C(C)(C)C)c1O[Si](C)(C)C. The summed E-state index contributed by atoms with van der Waals surface area (Å²) in [6, 6.07) is 4.28. The van der Waals surface area contributed by atoms with Gasteiger partial charge in [0.15, 0.2) is 0 Å². The highest BCUT2D eigenvalue weighted by Crippen LogP contribution is 2.40. The standard InChI is InChI=1S/C17H29B3O4Si/c1-16(2,3)13-10-12(20-23-18-22-19-24-20)11-14(17(4,5)6)15(13)21-25(7,8)9/h10-11H,1-9H3. The van der Waals surface area contributed by atoms with Crippen LogP contribution >= 0.6 is 0 Å². The van der Waals surface area contributed by atoms with E-state index >= 15 is 0 Å². The van der Waals surface area contributed by atoms with E-state index in [-0.39, 0.29) is 10.8 Å². The zero-order valence-electron chi connectivity index (χ0n) is 17.0. The van der Waals surface area contributed by atoms with Gasteiger partial charge in [-0.05, 0) is 47.1 Å². The predicted octanol–water partition coefficient (Wildman–Crippen LogP) is 3.32. The highest BCUT2D eigenvalue weighted by atomic mass is 28.4. The zero-order chi connectivity index (χ0) is 19.0. The van der Waals surface area contributed by atoms with Crippen LogP contribution < -0.4 is 9.89 Å². The van der Waals surface area contributed by atoms with Gasteiger partial charge in [-0.15, -0.1) is 0 Å². The summed E-state index contributed by atoms with van der Waals surface area (Å²) in [6.07, 6.45) is 0. The third kappa shape index (κ3) is 5.39. The molecule has 0 atom stereocenters. The monoisotopic (exact) mass is 358 g/mol. The Morgan fingerprint density at radius 1 is 0.880 bits per heavy atom. The second kappa shape index (κ2) is 7.14. The van der Waals surface area contributed by atoms with Gasteiger partial charge in [0.1, 0.15) is 5.75 Å². The second-order valence-electron chi connectivity index (χ2n) is 9.59. The van der Waals surface area contributed by atoms with E-state index in [1.165, 1.54) is 26.5 Å². The van der Waals surface area contributed by atoms with E-state index in [0.717, 1.165) is 11.2 Å². The summed E-state index contributed by atoms with van der Waals surface area (Å²) in [7, 11) is 0.327. The molecule has 0 N–H and O–H groups in total. The Morgan fingerprint density at radius 3 is 1.68 bits per heavy atom. The van der Waals surface area contributed by atoms with Gasteiger partial charge in [0, 0.05) is 0 Å². The van der Waals surface area contributed by atoms with Crippen LogP contribution in [0, 0.1) is 0 Å². The number of rotatable bonds is 3. The van der Waals surface area contributed by atoms with E-state index in [2.05, 4.69) is 73.3 Å². The molecule has 4 nitrogen and oxygen atoms in total. The van der Waals surface area contributed by atoms with Crippen LogP contribution in [0.25, 0.3) is 0 Å². The Balaban J connectivity index is 2.67. The van der Waals surface area contributed by atoms with Gasteiger partial charge in [-0.3, -0.25) is 0 Å². The Bertz CT molecular complexity index is 577. The summed E-state index contributed by atoms with van der Waals surface area (Å²) in [6.45, 7) is 19.9. The lowest BCUT2D eigenvalue weighted by Gasteiger charge is -2.34. The van der Waals surface area contributed by atoms with E-state index in [1.807, 2.05) is 0 Å². The Labute approximate surface area is 155 Å². The molecule has 2 rings (SSSR count). The minimum Gasteiger partial charge on any atom is -0.544 e. The summed E-state index contributed by atoms with van der Waals surface area (Å²) in [5, 5.41) is 0. The lowest BCUT2D eigenvalue weighted by Crippen LogP contribution is -2.45. The Hall–Kier alpha value is -0.688. The fourth-order valence-corrected chi connectivity index (χ4v) is 3.53. The largest absolute Gasteiger partial charge is 0.544 e. The van der Waals surface area contributed by atoms with Crippen LogP contribution in [0.3, 0.4) is 0 Å². The molecular formula is C17H29B3O4Si. The smallest absolute Gasteiger partial charge is 0.465 e. The second-order valence-corrected chi connectivity index (χ2v) is 14.0. The molecule has 0 amide bonds. The summed E-state index contributed by atoms with van der Waals surface area (Å²) in [5.74, 6) is 1.02. The third-order valence-electron chi connectivity index (χ3n) is 3.88. The van der Waals surface area contributed by atoms with Crippen LogP contribution in [-0.4, -0.2) is 30.8 Å². The molecule has 25 heavy (non-hydrogen) atoms. The molecule has 2 radical (unpaired) electrons. The maximum atomic E-state index is 6.58. The van der Waals surface area contributed by atoms with E-state index in [9.17, 15) is 0 Å². The Morgan fingerprint density at radius 2 is 1.32 bits per heavy atom. The summed E-state index contributed by atoms with van der Waals surface area (Å²) in [5.41, 5.74) is 3.19. The van der Waals surface area contributed by atoms with Crippen LogP contribution in [0.15, 0.2) is 12.1 Å². The molecule has 134 valence electrons. The van der Waals surface area contributed by atoms with Crippen molar-refractivity contribution in [3.63, 3.8) is 0 Å². The topological polar surface area (TPSA) is 36.9 Å². The molecule has 8 heteroatoms. The molecule has 1 aliphatic heterocycles. The molecule has 1 fully saturated rings. The van der Waals surface area contributed by atoms with Gasteiger partial charge >= 0.3 is 22.5 Å². The maximum Gasteiger partial charge on any atom is 0.465 e. The fourth-order valence-electron chi connectivity index (χ4n) is 2.69. The van der Waals surface area contributed by atoms with Gasteiger partial charge in [-0.1, -0.05) is 53.7 Å². The van der Waals surface area contributed by atoms with Crippen LogP contribution in [0.2, 0.25) is 19.6 Å². The maximum absolute atomic E-state index is 6.58. The van der Waals surface area contributed by atoms with Crippen molar-refractivity contribution >= 4 is 36.3 Å². The third-order valence-corrected chi connectivity index (χ3v) is 4.69. The molecule has 0 aliphatic carbocycles. The van der Waals surface area contributed by atoms with Crippen molar-refractivity contribution < 1.29 is 18.1 Å². The van der Waals surface area contributed by atoms with Gasteiger partial charge in [0.25, 0.3) is 0 Å². The van der Waals surface area contributed by atoms with Gasteiger partial charge < -0.3 is 18.1 Å².